The second-order valence-corrected chi connectivity index (χ2v) is 35.2. The molecule has 7 heterocycles. The summed E-state index contributed by atoms with van der Waals surface area (Å²) in [6, 6.07) is 1.41. The molecule has 676 valence electrons. The van der Waals surface area contributed by atoms with Gasteiger partial charge in [0.05, 0.1) is 158 Å². The van der Waals surface area contributed by atoms with Crippen molar-refractivity contribution in [2.45, 2.75) is 347 Å². The van der Waals surface area contributed by atoms with Crippen LogP contribution < -0.4 is 18.9 Å². The number of benzene rings is 4. The minimum Gasteiger partial charge on any atom is -0.507 e. The molecule has 9 fully saturated rings. The lowest BCUT2D eigenvalue weighted by molar-refractivity contribution is -0.339. The summed E-state index contributed by atoms with van der Waals surface area (Å²) in [6.07, 6.45) is -31.4. The Hall–Kier alpha value is -6.64. The van der Waals surface area contributed by atoms with Crippen LogP contribution in [0.5, 0.6) is 51.7 Å². The number of carbonyl (C=O) groups is 4. The highest BCUT2D eigenvalue weighted by Gasteiger charge is 2.82. The van der Waals surface area contributed by atoms with Crippen molar-refractivity contribution in [1.29, 1.82) is 0 Å². The lowest BCUT2D eigenvalue weighted by Gasteiger charge is -2.56. The lowest BCUT2D eigenvalue weighted by atomic mass is 9.55. The molecule has 0 amide bonds. The number of ketones is 4. The molecule has 0 aromatic heterocycles. The van der Waals surface area contributed by atoms with Gasteiger partial charge in [-0.1, -0.05) is 26.7 Å². The van der Waals surface area contributed by atoms with Crippen LogP contribution in [-0.2, 0) is 77.6 Å². The van der Waals surface area contributed by atoms with Crippen molar-refractivity contribution in [2.24, 2.45) is 17.8 Å². The zero-order valence-corrected chi connectivity index (χ0v) is 70.6. The second kappa shape index (κ2) is 33.5. The van der Waals surface area contributed by atoms with E-state index < -0.39 is 319 Å². The van der Waals surface area contributed by atoms with Gasteiger partial charge in [-0.25, -0.2) is 0 Å². The quantitative estimate of drug-likeness (QED) is 0.0458. The summed E-state index contributed by atoms with van der Waals surface area (Å²) in [7, 11) is 4.61. The van der Waals surface area contributed by atoms with Crippen molar-refractivity contribution in [3.63, 3.8) is 0 Å². The van der Waals surface area contributed by atoms with E-state index in [2.05, 4.69) is 0 Å². The smallest absolute Gasteiger partial charge is 0.202 e. The average molecular weight is 1730 g/mol. The van der Waals surface area contributed by atoms with Crippen molar-refractivity contribution in [1.82, 2.24) is 0 Å². The first-order valence-electron chi connectivity index (χ1n) is 42.4. The fourth-order valence-electron chi connectivity index (χ4n) is 21.9. The van der Waals surface area contributed by atoms with E-state index in [0.29, 0.717) is 0 Å². The number of phenols is 5. The Labute approximate surface area is 702 Å². The molecule has 11 aliphatic rings. The van der Waals surface area contributed by atoms with Gasteiger partial charge in [0, 0.05) is 55.4 Å². The van der Waals surface area contributed by atoms with E-state index in [1.807, 2.05) is 0 Å². The highest BCUT2D eigenvalue weighted by Crippen LogP contribution is 2.71. The molecular formula is C86H116O36. The summed E-state index contributed by atoms with van der Waals surface area (Å²) >= 11 is 0. The number of methoxy groups -OCH3 is 4. The van der Waals surface area contributed by atoms with Crippen LogP contribution in [0.25, 0.3) is 32.7 Å². The first kappa shape index (κ1) is 90.2. The Kier molecular flexibility index (Phi) is 24.8. The van der Waals surface area contributed by atoms with Gasteiger partial charge in [0.25, 0.3) is 0 Å². The van der Waals surface area contributed by atoms with E-state index in [1.54, 1.807) is 41.5 Å². The van der Waals surface area contributed by atoms with Crippen LogP contribution >= 0.6 is 0 Å². The van der Waals surface area contributed by atoms with Gasteiger partial charge in [-0.15, -0.1) is 0 Å². The molecule has 0 spiro atoms. The van der Waals surface area contributed by atoms with Crippen molar-refractivity contribution < 1.29 is 176 Å². The van der Waals surface area contributed by atoms with Gasteiger partial charge in [-0.2, -0.15) is 0 Å². The van der Waals surface area contributed by atoms with Gasteiger partial charge in [0.15, 0.2) is 83.7 Å². The van der Waals surface area contributed by atoms with E-state index in [1.165, 1.54) is 40.9 Å². The summed E-state index contributed by atoms with van der Waals surface area (Å²) in [6.45, 7) is 15.5. The number of fused-ring (bicyclic) bond motifs is 6. The van der Waals surface area contributed by atoms with Crippen molar-refractivity contribution in [2.75, 3.05) is 28.4 Å². The fraction of sp³-hybridized carbons (Fsp3) is 0.721. The molecule has 4 aromatic rings. The molecule has 15 rings (SSSR count). The van der Waals surface area contributed by atoms with E-state index >= 15 is 9.59 Å². The molecule has 4 bridgehead atoms. The van der Waals surface area contributed by atoms with Gasteiger partial charge >= 0.3 is 0 Å². The zero-order chi connectivity index (χ0) is 88.3. The Morgan fingerprint density at radius 1 is 0.475 bits per heavy atom. The molecule has 7 saturated heterocycles. The van der Waals surface area contributed by atoms with Crippen LogP contribution in [0.2, 0.25) is 0 Å². The van der Waals surface area contributed by atoms with Crippen LogP contribution in [0, 0.1) is 17.8 Å². The molecule has 36 nitrogen and oxygen atoms in total. The molecule has 15 N–H and O–H groups in total. The van der Waals surface area contributed by atoms with Gasteiger partial charge < -0.3 is 157 Å². The fourth-order valence-corrected chi connectivity index (χ4v) is 21.9. The van der Waals surface area contributed by atoms with E-state index in [0.717, 1.165) is 21.3 Å². The van der Waals surface area contributed by atoms with Gasteiger partial charge in [0.2, 0.25) is 5.78 Å². The number of hydrogen-bond donors (Lipinski definition) is 15. The highest BCUT2D eigenvalue weighted by molar-refractivity contribution is 6.20. The van der Waals surface area contributed by atoms with E-state index in [4.69, 9.17) is 80.5 Å². The SMILES string of the molecule is CCCC1(O)C(OC2CCC(OC3CCC(O)(C(C)=O)C(C)O3)C(C)O2)C(O)C(OC2CC(O)C(O)C(C)O2)C2Cc3cc4c(OC)c(OC)c(-c5c(OC)c(OC)c6c(O)c7c(c(O)c6c5O)C(=O)C5(O)C6C7OC5(CCC)C(OC5CCC(OC7CCC(O)(C(C)=O)C(C)O7)C(C)O5)C(O)C6OC5CC(O)C(O)C(C)O5)c(O)c4c(O)c3C(=O)C21. The summed E-state index contributed by atoms with van der Waals surface area (Å²) in [5.74, 6) is -14.6. The van der Waals surface area contributed by atoms with Crippen LogP contribution in [0.1, 0.15) is 197 Å². The highest BCUT2D eigenvalue weighted by atomic mass is 16.8. The zero-order valence-electron chi connectivity index (χ0n) is 70.6. The van der Waals surface area contributed by atoms with Crippen LogP contribution in [0.4, 0.5) is 0 Å². The maximum absolute atomic E-state index is 16.5. The molecule has 36 heteroatoms. The van der Waals surface area contributed by atoms with Crippen LogP contribution in [-0.4, -0.2) is 304 Å². The van der Waals surface area contributed by atoms with Gasteiger partial charge in [-0.05, 0) is 112 Å². The van der Waals surface area contributed by atoms with Crippen molar-refractivity contribution >= 4 is 44.7 Å². The van der Waals surface area contributed by atoms with Crippen molar-refractivity contribution in [3.8, 4) is 62.9 Å². The average Bonchev–Trinajstić information content (AvgIpc) is 1.47. The Balaban J connectivity index is 0.818. The minimum absolute atomic E-state index is 0.0494. The molecule has 4 aromatic carbocycles. The number of carbonyl (C=O) groups excluding carboxylic acids is 4. The molecule has 7 aliphatic heterocycles. The number of aromatic hydroxyl groups is 5. The Morgan fingerprint density at radius 2 is 0.926 bits per heavy atom. The third-order valence-electron chi connectivity index (χ3n) is 28.3. The summed E-state index contributed by atoms with van der Waals surface area (Å²) < 4.78 is 108. The molecule has 0 radical (unpaired) electrons. The number of rotatable bonds is 23. The Morgan fingerprint density at radius 3 is 1.40 bits per heavy atom. The number of aliphatic hydroxyl groups is 10. The van der Waals surface area contributed by atoms with Crippen LogP contribution in [0.3, 0.4) is 0 Å². The van der Waals surface area contributed by atoms with Crippen molar-refractivity contribution in [3.05, 3.63) is 28.3 Å². The molecule has 122 heavy (non-hydrogen) atoms. The predicted molar refractivity (Wildman–Crippen MR) is 419 cm³/mol. The number of phenolic OH excluding ortho intramolecular Hbond substituents is 5. The second-order valence-electron chi connectivity index (χ2n) is 35.2. The summed E-state index contributed by atoms with van der Waals surface area (Å²) in [5.41, 5.74) is -14.0. The number of ether oxygens (including phenoxy) is 17. The largest absolute Gasteiger partial charge is 0.507 e. The number of aliphatic hydroxyl groups excluding tert-OH is 6. The normalized spacial score (nSPS) is 41.9. The monoisotopic (exact) mass is 1720 g/mol. The third kappa shape index (κ3) is 14.0. The minimum atomic E-state index is -2.96. The third-order valence-corrected chi connectivity index (χ3v) is 28.3. The number of hydrogen-bond acceptors (Lipinski definition) is 36. The van der Waals surface area contributed by atoms with E-state index in [9.17, 15) is 86.2 Å². The molecule has 33 atom stereocenters. The number of Topliss-reactive ketones (excluding diaryl/α,β-unsaturated/α-hetero) is 4. The van der Waals surface area contributed by atoms with Gasteiger partial charge in [-0.3, -0.25) is 19.2 Å². The predicted octanol–water partition coefficient (Wildman–Crippen LogP) is 4.39. The molecule has 2 saturated carbocycles. The molecule has 33 unspecified atom stereocenters. The van der Waals surface area contributed by atoms with Crippen LogP contribution in [0.15, 0.2) is 6.07 Å². The van der Waals surface area contributed by atoms with Gasteiger partial charge in [0.1, 0.15) is 87.8 Å². The summed E-state index contributed by atoms with van der Waals surface area (Å²) in [4.78, 5) is 57.7. The maximum Gasteiger partial charge on any atom is 0.202 e. The lowest BCUT2D eigenvalue weighted by Crippen LogP contribution is -2.76. The van der Waals surface area contributed by atoms with E-state index in [-0.39, 0.29) is 107 Å². The molecular weight excluding hydrogens is 1610 g/mol. The topological polar surface area (TPSA) is 529 Å². The summed E-state index contributed by atoms with van der Waals surface area (Å²) in [5, 5.41) is 184. The maximum atomic E-state index is 16.5. The first-order chi connectivity index (χ1) is 57.7. The standard InChI is InChI=1S/C86H116O36/c1-15-23-84(104)60-41(72(118-50-29-42(89)62(91)33(5)112-50)70(99)80(84)120-46-19-17-44(31(3)110-46)116-48-21-25-82(102,35(7)87)37(9)114-48)28-39-27-40-53(64(93)52(39)69(60)98)65(94)56(75(107-12)73(40)106-11)57-66(95)54-55(76(108-13)77(57)109-14)68(97)58-59(67(54)96)79(101)86(105)61-74(58)122-85(86,24-16-2)81(71(100)78(61)119-51-30-43(90)63(92)34(6)113-51)121-47-20-18-45(32(4)111-47)117-49-22-26-83(103,36(8)88)38(10)115-49/h27,31-34,37-38,41-51,60-63,70-72,74,78,80-81,89-97,99-100,102-105H,15-26,28-30H2,1-14H3. The molecule has 4 aliphatic carbocycles. The Bertz CT molecular complexity index is 4650. The first-order valence-corrected chi connectivity index (χ1v) is 42.4.